The van der Waals surface area contributed by atoms with Crippen molar-refractivity contribution in [2.75, 3.05) is 26.3 Å². The molecule has 1 spiro atoms. The maximum Gasteiger partial charge on any atom is 0.0959 e. The summed E-state index contributed by atoms with van der Waals surface area (Å²) in [5.74, 6) is 0.663. The van der Waals surface area contributed by atoms with E-state index in [1.165, 1.54) is 6.42 Å². The molecule has 18 heavy (non-hydrogen) atoms. The molecule has 2 fully saturated rings. The number of aromatic nitrogens is 1. The van der Waals surface area contributed by atoms with E-state index in [-0.39, 0.29) is 5.60 Å². The maximum atomic E-state index is 5.88. The maximum absolute atomic E-state index is 5.88. The summed E-state index contributed by atoms with van der Waals surface area (Å²) in [7, 11) is 0. The first-order valence-corrected chi connectivity index (χ1v) is 7.50. The van der Waals surface area contributed by atoms with Crippen LogP contribution < -0.4 is 5.32 Å². The highest BCUT2D eigenvalue weighted by atomic mass is 32.1. The summed E-state index contributed by atoms with van der Waals surface area (Å²) in [4.78, 5) is 4.39. The normalized spacial score (nSPS) is 25.5. The SMILES string of the molecule is Cc1nc(COCC[C@@H]2CCOC23CNC3)cs1. The van der Waals surface area contributed by atoms with E-state index < -0.39 is 0 Å². The molecule has 1 atom stereocenters. The fourth-order valence-corrected chi connectivity index (χ4v) is 3.43. The van der Waals surface area contributed by atoms with Crippen molar-refractivity contribution in [3.05, 3.63) is 16.1 Å². The highest BCUT2D eigenvalue weighted by molar-refractivity contribution is 7.09. The summed E-state index contributed by atoms with van der Waals surface area (Å²) in [6.07, 6.45) is 2.28. The first-order chi connectivity index (χ1) is 8.78. The first kappa shape index (κ1) is 12.5. The van der Waals surface area contributed by atoms with Gasteiger partial charge in [-0.05, 0) is 25.7 Å². The molecule has 0 radical (unpaired) electrons. The molecule has 0 bridgehead atoms. The van der Waals surface area contributed by atoms with Crippen molar-refractivity contribution in [2.45, 2.75) is 32.0 Å². The predicted molar refractivity (Wildman–Crippen MR) is 70.8 cm³/mol. The van der Waals surface area contributed by atoms with E-state index in [0.717, 1.165) is 43.4 Å². The number of ether oxygens (including phenoxy) is 2. The minimum Gasteiger partial charge on any atom is -0.375 e. The van der Waals surface area contributed by atoms with E-state index in [2.05, 4.69) is 15.7 Å². The molecule has 1 N–H and O–H groups in total. The number of thiazole rings is 1. The van der Waals surface area contributed by atoms with E-state index in [0.29, 0.717) is 12.5 Å². The van der Waals surface area contributed by atoms with E-state index in [4.69, 9.17) is 9.47 Å². The summed E-state index contributed by atoms with van der Waals surface area (Å²) in [5, 5.41) is 6.50. The van der Waals surface area contributed by atoms with Crippen molar-refractivity contribution in [1.29, 1.82) is 0 Å². The molecular formula is C13H20N2O2S. The third-order valence-electron chi connectivity index (χ3n) is 3.98. The van der Waals surface area contributed by atoms with Crippen LogP contribution in [0.4, 0.5) is 0 Å². The second-order valence-electron chi connectivity index (χ2n) is 5.20. The van der Waals surface area contributed by atoms with Gasteiger partial charge >= 0.3 is 0 Å². The van der Waals surface area contributed by atoms with Crippen molar-refractivity contribution in [3.63, 3.8) is 0 Å². The van der Waals surface area contributed by atoms with Crippen molar-refractivity contribution in [2.24, 2.45) is 5.92 Å². The lowest BCUT2D eigenvalue weighted by molar-refractivity contribution is -0.0675. The van der Waals surface area contributed by atoms with Crippen LogP contribution in [0.25, 0.3) is 0 Å². The van der Waals surface area contributed by atoms with Crippen LogP contribution in [0.5, 0.6) is 0 Å². The zero-order valence-corrected chi connectivity index (χ0v) is 11.6. The molecule has 100 valence electrons. The lowest BCUT2D eigenvalue weighted by Crippen LogP contribution is -2.62. The van der Waals surface area contributed by atoms with Crippen molar-refractivity contribution in [3.8, 4) is 0 Å². The molecule has 1 aromatic rings. The standard InChI is InChI=1S/C13H20N2O2S/c1-10-15-12(7-18-10)6-16-4-2-11-3-5-17-13(11)8-14-9-13/h7,11,14H,2-6,8-9H2,1H3/t11-/m1/s1. The summed E-state index contributed by atoms with van der Waals surface area (Å²) >= 11 is 1.68. The average Bonchev–Trinajstić information content (AvgIpc) is 2.90. The smallest absolute Gasteiger partial charge is 0.0959 e. The molecule has 2 saturated heterocycles. The molecule has 2 aliphatic heterocycles. The minimum atomic E-state index is 0.139. The Hall–Kier alpha value is -0.490. The molecule has 0 aliphatic carbocycles. The Morgan fingerprint density at radius 2 is 2.50 bits per heavy atom. The molecule has 4 nitrogen and oxygen atoms in total. The van der Waals surface area contributed by atoms with Crippen LogP contribution in [0.2, 0.25) is 0 Å². The number of aryl methyl sites for hydroxylation is 1. The second-order valence-corrected chi connectivity index (χ2v) is 6.26. The molecule has 2 aliphatic rings. The quantitative estimate of drug-likeness (QED) is 0.826. The van der Waals surface area contributed by atoms with E-state index in [1.54, 1.807) is 11.3 Å². The number of rotatable bonds is 5. The van der Waals surface area contributed by atoms with E-state index in [1.807, 2.05) is 6.92 Å². The first-order valence-electron chi connectivity index (χ1n) is 6.62. The van der Waals surface area contributed by atoms with Crippen molar-refractivity contribution >= 4 is 11.3 Å². The minimum absolute atomic E-state index is 0.139. The van der Waals surface area contributed by atoms with Gasteiger partial charge in [0.05, 0.1) is 22.9 Å². The lowest BCUT2D eigenvalue weighted by Gasteiger charge is -2.43. The van der Waals surface area contributed by atoms with E-state index >= 15 is 0 Å². The molecule has 3 rings (SSSR count). The highest BCUT2D eigenvalue weighted by Gasteiger charge is 2.48. The van der Waals surface area contributed by atoms with Crippen LogP contribution in [-0.4, -0.2) is 36.9 Å². The Kier molecular flexibility index (Phi) is 3.66. The molecule has 0 amide bonds. The molecule has 5 heteroatoms. The zero-order chi connectivity index (χ0) is 12.4. The number of hydrogen-bond acceptors (Lipinski definition) is 5. The molecule has 0 aromatic carbocycles. The summed E-state index contributed by atoms with van der Waals surface area (Å²) in [6, 6.07) is 0. The van der Waals surface area contributed by atoms with Crippen LogP contribution in [0, 0.1) is 12.8 Å². The van der Waals surface area contributed by atoms with E-state index in [9.17, 15) is 0 Å². The predicted octanol–water partition coefficient (Wildman–Crippen LogP) is 1.74. The number of nitrogens with zero attached hydrogens (tertiary/aromatic N) is 1. The molecule has 0 saturated carbocycles. The van der Waals surface area contributed by atoms with Gasteiger partial charge in [0.1, 0.15) is 0 Å². The van der Waals surface area contributed by atoms with Gasteiger partial charge < -0.3 is 14.8 Å². The second kappa shape index (κ2) is 5.25. The van der Waals surface area contributed by atoms with Gasteiger partial charge in [-0.15, -0.1) is 11.3 Å². The third kappa shape index (κ3) is 2.45. The van der Waals surface area contributed by atoms with Crippen molar-refractivity contribution in [1.82, 2.24) is 10.3 Å². The van der Waals surface area contributed by atoms with Crippen LogP contribution >= 0.6 is 11.3 Å². The number of hydrogen-bond donors (Lipinski definition) is 1. The van der Waals surface area contributed by atoms with Gasteiger partial charge in [0.2, 0.25) is 0 Å². The van der Waals surface area contributed by atoms with Crippen LogP contribution in [0.3, 0.4) is 0 Å². The van der Waals surface area contributed by atoms with Gasteiger partial charge in [-0.3, -0.25) is 0 Å². The fraction of sp³-hybridized carbons (Fsp3) is 0.769. The topological polar surface area (TPSA) is 43.4 Å². The van der Waals surface area contributed by atoms with Crippen LogP contribution in [-0.2, 0) is 16.1 Å². The Labute approximate surface area is 112 Å². The Morgan fingerprint density at radius 3 is 3.17 bits per heavy atom. The molecular weight excluding hydrogens is 248 g/mol. The van der Waals surface area contributed by atoms with Gasteiger partial charge in [0.15, 0.2) is 0 Å². The van der Waals surface area contributed by atoms with Crippen LogP contribution in [0.1, 0.15) is 23.5 Å². The summed E-state index contributed by atoms with van der Waals surface area (Å²) < 4.78 is 11.6. The van der Waals surface area contributed by atoms with Gasteiger partial charge in [-0.1, -0.05) is 0 Å². The molecule has 3 heterocycles. The Morgan fingerprint density at radius 1 is 1.61 bits per heavy atom. The average molecular weight is 268 g/mol. The third-order valence-corrected chi connectivity index (χ3v) is 4.80. The summed E-state index contributed by atoms with van der Waals surface area (Å²) in [6.45, 7) is 6.43. The largest absolute Gasteiger partial charge is 0.375 e. The monoisotopic (exact) mass is 268 g/mol. The lowest BCUT2D eigenvalue weighted by atomic mass is 9.81. The fourth-order valence-electron chi connectivity index (χ4n) is 2.83. The number of nitrogens with one attached hydrogen (secondary N) is 1. The Balaban J connectivity index is 1.39. The summed E-state index contributed by atoms with van der Waals surface area (Å²) in [5.41, 5.74) is 1.20. The zero-order valence-electron chi connectivity index (χ0n) is 10.8. The van der Waals surface area contributed by atoms with Gasteiger partial charge in [0.25, 0.3) is 0 Å². The van der Waals surface area contributed by atoms with Crippen LogP contribution in [0.15, 0.2) is 5.38 Å². The van der Waals surface area contributed by atoms with Crippen molar-refractivity contribution < 1.29 is 9.47 Å². The van der Waals surface area contributed by atoms with Gasteiger partial charge in [-0.25, -0.2) is 4.98 Å². The Bertz CT molecular complexity index is 403. The van der Waals surface area contributed by atoms with Gasteiger partial charge in [0, 0.05) is 31.7 Å². The highest BCUT2D eigenvalue weighted by Crippen LogP contribution is 2.37. The van der Waals surface area contributed by atoms with Gasteiger partial charge in [-0.2, -0.15) is 0 Å². The molecule has 0 unspecified atom stereocenters. The molecule has 1 aromatic heterocycles.